The minimum atomic E-state index is -1.63. The number of nitrogens with two attached hydrogens (primary N) is 1. The zero-order valence-corrected chi connectivity index (χ0v) is 17.1. The Hall–Kier alpha value is -2.01. The maximum absolute atomic E-state index is 12.3. The molecule has 0 aromatic rings. The zero-order valence-electron chi connectivity index (χ0n) is 16.3. The van der Waals surface area contributed by atoms with Gasteiger partial charge in [-0.05, 0) is 6.42 Å². The van der Waals surface area contributed by atoms with Crippen LogP contribution >= 0.6 is 11.8 Å². The number of carbonyl (C=O) groups excluding carboxylic acids is 2. The van der Waals surface area contributed by atoms with Crippen molar-refractivity contribution in [1.82, 2.24) is 10.6 Å². The van der Waals surface area contributed by atoms with E-state index in [0.717, 1.165) is 11.8 Å². The van der Waals surface area contributed by atoms with Crippen LogP contribution in [-0.2, 0) is 23.9 Å². The largest absolute Gasteiger partial charge is 0.480 e. The Bertz CT molecular complexity index is 650. The van der Waals surface area contributed by atoms with E-state index in [1.807, 2.05) is 0 Å². The number of carboxylic acids is 2. The molecule has 7 atom stereocenters. The van der Waals surface area contributed by atoms with Gasteiger partial charge in [0.1, 0.15) is 48.5 Å². The summed E-state index contributed by atoms with van der Waals surface area (Å²) >= 11 is 0.776. The smallest absolute Gasteiger partial charge is 0.322 e. The highest BCUT2D eigenvalue weighted by atomic mass is 32.2. The standard InChI is InChI=1S/C16H27N3O11S/c17-6(15(28)29)1-2-9(21)19-7(14(27)18-3-10(22)23)5-31-16-13(26)12(25)11(24)8(4-20)30-16/h6-8,11-13,16,20,24-26H,1-5,17H2,(H,18,27)(H,19,21)(H,22,23)(H,28,29)/t6-,7-,8+,11+,12-,13+,16-/m0/s1. The first kappa shape index (κ1) is 27.0. The van der Waals surface area contributed by atoms with Crippen molar-refractivity contribution in [3.63, 3.8) is 0 Å². The monoisotopic (exact) mass is 469 g/mol. The van der Waals surface area contributed by atoms with E-state index in [4.69, 9.17) is 20.7 Å². The fraction of sp³-hybridized carbons (Fsp3) is 0.750. The predicted molar refractivity (Wildman–Crippen MR) is 104 cm³/mol. The molecule has 0 bridgehead atoms. The number of aliphatic hydroxyl groups excluding tert-OH is 4. The third-order valence-corrected chi connectivity index (χ3v) is 5.59. The average molecular weight is 469 g/mol. The molecule has 1 saturated heterocycles. The van der Waals surface area contributed by atoms with E-state index >= 15 is 0 Å². The first-order valence-corrected chi connectivity index (χ1v) is 10.2. The number of aliphatic carboxylic acids is 2. The topological polar surface area (TPSA) is 249 Å². The second-order valence-corrected chi connectivity index (χ2v) is 7.88. The summed E-state index contributed by atoms with van der Waals surface area (Å²) in [4.78, 5) is 45.7. The van der Waals surface area contributed by atoms with Gasteiger partial charge in [-0.3, -0.25) is 19.2 Å². The van der Waals surface area contributed by atoms with E-state index in [-0.39, 0.29) is 18.6 Å². The van der Waals surface area contributed by atoms with Crippen molar-refractivity contribution in [2.24, 2.45) is 5.73 Å². The van der Waals surface area contributed by atoms with E-state index in [9.17, 15) is 39.6 Å². The predicted octanol–water partition coefficient (Wildman–Crippen LogP) is -4.60. The number of rotatable bonds is 12. The Balaban J connectivity index is 2.77. The number of ether oxygens (including phenoxy) is 1. The number of nitrogens with one attached hydrogen (secondary N) is 2. The molecule has 0 spiro atoms. The molecule has 0 radical (unpaired) electrons. The van der Waals surface area contributed by atoms with Gasteiger partial charge in [0.2, 0.25) is 11.8 Å². The van der Waals surface area contributed by atoms with Crippen molar-refractivity contribution in [3.05, 3.63) is 0 Å². The molecule has 0 unspecified atom stereocenters. The van der Waals surface area contributed by atoms with Gasteiger partial charge in [-0.25, -0.2) is 0 Å². The van der Waals surface area contributed by atoms with Gasteiger partial charge >= 0.3 is 11.9 Å². The minimum absolute atomic E-state index is 0.204. The number of amides is 2. The summed E-state index contributed by atoms with van der Waals surface area (Å²) in [5.41, 5.74) is 4.14. The summed E-state index contributed by atoms with van der Waals surface area (Å²) < 4.78 is 5.30. The van der Waals surface area contributed by atoms with Crippen molar-refractivity contribution < 1.29 is 54.6 Å². The van der Waals surface area contributed by atoms with Crippen LogP contribution in [0.3, 0.4) is 0 Å². The van der Waals surface area contributed by atoms with Crippen LogP contribution in [0.25, 0.3) is 0 Å². The summed E-state index contributed by atoms with van der Waals surface area (Å²) in [6, 6.07) is -2.58. The number of hydrogen-bond donors (Lipinski definition) is 9. The fourth-order valence-corrected chi connectivity index (χ4v) is 3.74. The molecule has 0 saturated carbocycles. The number of aliphatic hydroxyl groups is 4. The van der Waals surface area contributed by atoms with Crippen LogP contribution in [0.5, 0.6) is 0 Å². The fourth-order valence-electron chi connectivity index (χ4n) is 2.54. The molecule has 15 heteroatoms. The normalized spacial score (nSPS) is 27.7. The van der Waals surface area contributed by atoms with Crippen molar-refractivity contribution in [1.29, 1.82) is 0 Å². The van der Waals surface area contributed by atoms with Crippen molar-refractivity contribution in [2.45, 2.75) is 54.8 Å². The molecule has 1 rings (SSSR count). The Morgan fingerprint density at radius 3 is 2.26 bits per heavy atom. The SMILES string of the molecule is N[C@@H](CCC(=O)N[C@@H](CS[C@@H]1O[C@H](CO)[C@@H](O)[C@H](O)[C@H]1O)C(=O)NCC(=O)O)C(=O)O. The lowest BCUT2D eigenvalue weighted by molar-refractivity contribution is -0.205. The molecule has 1 fully saturated rings. The highest BCUT2D eigenvalue weighted by Gasteiger charge is 2.44. The van der Waals surface area contributed by atoms with Crippen LogP contribution in [0.2, 0.25) is 0 Å². The summed E-state index contributed by atoms with van der Waals surface area (Å²) in [6.07, 6.45) is -6.46. The van der Waals surface area contributed by atoms with Crippen molar-refractivity contribution >= 4 is 35.5 Å². The molecule has 1 aliphatic heterocycles. The Labute approximate surface area is 180 Å². The van der Waals surface area contributed by atoms with Gasteiger partial charge in [0.15, 0.2) is 0 Å². The number of thioether (sulfide) groups is 1. The Morgan fingerprint density at radius 2 is 1.71 bits per heavy atom. The highest BCUT2D eigenvalue weighted by Crippen LogP contribution is 2.28. The van der Waals surface area contributed by atoms with Crippen LogP contribution in [0.15, 0.2) is 0 Å². The molecule has 178 valence electrons. The Morgan fingerprint density at radius 1 is 1.06 bits per heavy atom. The van der Waals surface area contributed by atoms with Crippen molar-refractivity contribution in [3.8, 4) is 0 Å². The third kappa shape index (κ3) is 8.56. The molecule has 0 aromatic heterocycles. The summed E-state index contributed by atoms with van der Waals surface area (Å²) in [7, 11) is 0. The lowest BCUT2D eigenvalue weighted by Gasteiger charge is -2.40. The molecule has 0 aromatic carbocycles. The summed E-state index contributed by atoms with van der Waals surface area (Å²) in [5.74, 6) is -4.46. The van der Waals surface area contributed by atoms with Crippen molar-refractivity contribution in [2.75, 3.05) is 18.9 Å². The second kappa shape index (κ2) is 12.7. The second-order valence-electron chi connectivity index (χ2n) is 6.75. The molecule has 0 aliphatic carbocycles. The molecule has 31 heavy (non-hydrogen) atoms. The van der Waals surface area contributed by atoms with Gasteiger partial charge in [0.25, 0.3) is 0 Å². The van der Waals surface area contributed by atoms with Gasteiger partial charge in [-0.15, -0.1) is 11.8 Å². The van der Waals surface area contributed by atoms with Crippen LogP contribution in [0.1, 0.15) is 12.8 Å². The first-order valence-electron chi connectivity index (χ1n) is 9.17. The van der Waals surface area contributed by atoms with E-state index in [2.05, 4.69) is 10.6 Å². The third-order valence-electron chi connectivity index (χ3n) is 4.34. The maximum atomic E-state index is 12.3. The van der Waals surface area contributed by atoms with Crippen LogP contribution in [0, 0.1) is 0 Å². The average Bonchev–Trinajstić information content (AvgIpc) is 2.72. The number of carbonyl (C=O) groups is 4. The van der Waals surface area contributed by atoms with Gasteiger partial charge in [0.05, 0.1) is 6.61 Å². The lowest BCUT2D eigenvalue weighted by Crippen LogP contribution is -2.58. The first-order chi connectivity index (χ1) is 14.5. The molecular formula is C16H27N3O11S. The molecule has 1 aliphatic rings. The maximum Gasteiger partial charge on any atom is 0.322 e. The quantitative estimate of drug-likeness (QED) is 0.131. The zero-order chi connectivity index (χ0) is 23.7. The lowest BCUT2D eigenvalue weighted by atomic mass is 10.0. The summed E-state index contributed by atoms with van der Waals surface area (Å²) in [6.45, 7) is -1.37. The van der Waals surface area contributed by atoms with Crippen LogP contribution in [0.4, 0.5) is 0 Å². The molecule has 1 heterocycles. The molecular weight excluding hydrogens is 442 g/mol. The van der Waals surface area contributed by atoms with E-state index < -0.39 is 78.8 Å². The molecule has 14 nitrogen and oxygen atoms in total. The highest BCUT2D eigenvalue weighted by molar-refractivity contribution is 7.99. The van der Waals surface area contributed by atoms with Gasteiger partial charge in [-0.2, -0.15) is 0 Å². The van der Waals surface area contributed by atoms with E-state index in [0.29, 0.717) is 0 Å². The number of hydrogen-bond acceptors (Lipinski definition) is 11. The summed E-state index contributed by atoms with van der Waals surface area (Å²) in [5, 5.41) is 60.7. The van der Waals surface area contributed by atoms with Crippen LogP contribution in [-0.4, -0.2) is 115 Å². The molecule has 10 N–H and O–H groups in total. The van der Waals surface area contributed by atoms with Gasteiger partial charge in [0, 0.05) is 12.2 Å². The van der Waals surface area contributed by atoms with E-state index in [1.54, 1.807) is 0 Å². The van der Waals surface area contributed by atoms with Gasteiger partial charge in [-0.1, -0.05) is 0 Å². The minimum Gasteiger partial charge on any atom is -0.480 e. The number of carboxylic acid groups (broad SMARTS) is 2. The van der Waals surface area contributed by atoms with Crippen LogP contribution < -0.4 is 16.4 Å². The Kier molecular flexibility index (Phi) is 11.1. The van der Waals surface area contributed by atoms with Gasteiger partial charge < -0.3 is 51.7 Å². The van der Waals surface area contributed by atoms with E-state index in [1.165, 1.54) is 0 Å². The molecule has 2 amide bonds.